The summed E-state index contributed by atoms with van der Waals surface area (Å²) < 4.78 is 19.6. The number of aromatic nitrogens is 2. The Bertz CT molecular complexity index is 1050. The van der Waals surface area contributed by atoms with Crippen LogP contribution in [0.3, 0.4) is 0 Å². The van der Waals surface area contributed by atoms with Gasteiger partial charge in [0.2, 0.25) is 0 Å². The van der Waals surface area contributed by atoms with Gasteiger partial charge >= 0.3 is 0 Å². The lowest BCUT2D eigenvalue weighted by Gasteiger charge is -2.35. The highest BCUT2D eigenvalue weighted by atomic mass is 35.5. The molecule has 1 aromatic heterocycles. The monoisotopic (exact) mass is 440 g/mol. The van der Waals surface area contributed by atoms with Crippen molar-refractivity contribution in [3.05, 3.63) is 71.3 Å². The third-order valence-corrected chi connectivity index (χ3v) is 5.50. The van der Waals surface area contributed by atoms with Crippen molar-refractivity contribution in [2.75, 3.05) is 37.7 Å². The molecule has 0 radical (unpaired) electrons. The Balaban J connectivity index is 1.44. The van der Waals surface area contributed by atoms with E-state index in [-0.39, 0.29) is 16.5 Å². The summed E-state index contributed by atoms with van der Waals surface area (Å²) >= 11 is 6.05. The lowest BCUT2D eigenvalue weighted by Crippen LogP contribution is -2.49. The molecule has 0 saturated carbocycles. The van der Waals surface area contributed by atoms with Gasteiger partial charge in [0.25, 0.3) is 5.91 Å². The summed E-state index contributed by atoms with van der Waals surface area (Å²) in [6, 6.07) is 14.0. The highest BCUT2D eigenvalue weighted by Gasteiger charge is 2.26. The zero-order chi connectivity index (χ0) is 21.8. The number of hydrogen-bond acceptors (Lipinski definition) is 5. The third kappa shape index (κ3) is 4.61. The van der Waals surface area contributed by atoms with Crippen molar-refractivity contribution in [2.45, 2.75) is 6.92 Å². The van der Waals surface area contributed by atoms with Crippen molar-refractivity contribution in [3.8, 4) is 17.0 Å². The lowest BCUT2D eigenvalue weighted by atomic mass is 10.1. The number of piperazine rings is 1. The molecule has 1 aliphatic heterocycles. The highest BCUT2D eigenvalue weighted by molar-refractivity contribution is 6.33. The summed E-state index contributed by atoms with van der Waals surface area (Å²) in [5.74, 6) is 0.613. The van der Waals surface area contributed by atoms with E-state index in [0.717, 1.165) is 22.8 Å². The summed E-state index contributed by atoms with van der Waals surface area (Å²) in [6.45, 7) is 4.63. The fourth-order valence-corrected chi connectivity index (χ4v) is 3.81. The van der Waals surface area contributed by atoms with Gasteiger partial charge in [0, 0.05) is 37.8 Å². The molecule has 8 heteroatoms. The Labute approximate surface area is 185 Å². The largest absolute Gasteiger partial charge is 0.494 e. The second-order valence-corrected chi connectivity index (χ2v) is 7.50. The van der Waals surface area contributed by atoms with E-state index in [2.05, 4.69) is 14.9 Å². The maximum atomic E-state index is 14.1. The number of ether oxygens (including phenoxy) is 1. The topological polar surface area (TPSA) is 58.6 Å². The molecule has 1 amide bonds. The van der Waals surface area contributed by atoms with Crippen molar-refractivity contribution < 1.29 is 13.9 Å². The molecule has 1 aliphatic rings. The van der Waals surface area contributed by atoms with E-state index < -0.39 is 5.82 Å². The Morgan fingerprint density at radius 2 is 1.84 bits per heavy atom. The molecular weight excluding hydrogens is 419 g/mol. The predicted octanol–water partition coefficient (Wildman–Crippen LogP) is 4.30. The second kappa shape index (κ2) is 9.31. The van der Waals surface area contributed by atoms with Crippen LogP contribution in [0.2, 0.25) is 5.02 Å². The van der Waals surface area contributed by atoms with E-state index in [9.17, 15) is 9.18 Å². The first-order chi connectivity index (χ1) is 15.1. The molecule has 31 heavy (non-hydrogen) atoms. The van der Waals surface area contributed by atoms with Crippen LogP contribution in [0.25, 0.3) is 11.3 Å². The fourth-order valence-electron chi connectivity index (χ4n) is 3.57. The number of carbonyl (C=O) groups excluding carboxylic acids is 1. The summed E-state index contributed by atoms with van der Waals surface area (Å²) in [6.07, 6.45) is 1.54. The number of halogens is 2. The van der Waals surface area contributed by atoms with E-state index in [1.807, 2.05) is 37.3 Å². The quantitative estimate of drug-likeness (QED) is 0.592. The summed E-state index contributed by atoms with van der Waals surface area (Å²) in [7, 11) is 0. The van der Waals surface area contributed by atoms with E-state index in [1.54, 1.807) is 4.90 Å². The fraction of sp³-hybridized carbons (Fsp3) is 0.261. The van der Waals surface area contributed by atoms with Crippen molar-refractivity contribution in [2.24, 2.45) is 0 Å². The number of nitrogens with zero attached hydrogens (tertiary/aromatic N) is 4. The van der Waals surface area contributed by atoms with Gasteiger partial charge in [-0.05, 0) is 43.3 Å². The average molecular weight is 441 g/mol. The van der Waals surface area contributed by atoms with Crippen LogP contribution in [0, 0.1) is 5.82 Å². The first-order valence-electron chi connectivity index (χ1n) is 10.1. The van der Waals surface area contributed by atoms with Gasteiger partial charge in [-0.1, -0.05) is 17.7 Å². The van der Waals surface area contributed by atoms with Gasteiger partial charge in [-0.2, -0.15) is 0 Å². The normalized spacial score (nSPS) is 13.9. The Kier molecular flexibility index (Phi) is 6.32. The van der Waals surface area contributed by atoms with Crippen LogP contribution in [0.5, 0.6) is 5.75 Å². The molecule has 0 N–H and O–H groups in total. The Morgan fingerprint density at radius 1 is 1.10 bits per heavy atom. The van der Waals surface area contributed by atoms with Crippen LogP contribution in [0.15, 0.2) is 54.9 Å². The molecule has 0 unspecified atom stereocenters. The lowest BCUT2D eigenvalue weighted by molar-refractivity contribution is 0.0742. The van der Waals surface area contributed by atoms with Gasteiger partial charge in [0.05, 0.1) is 22.9 Å². The second-order valence-electron chi connectivity index (χ2n) is 7.09. The maximum Gasteiger partial charge on any atom is 0.258 e. The van der Waals surface area contributed by atoms with Crippen molar-refractivity contribution >= 4 is 23.3 Å². The number of rotatable bonds is 5. The van der Waals surface area contributed by atoms with Gasteiger partial charge in [-0.15, -0.1) is 0 Å². The molecule has 1 saturated heterocycles. The first kappa shape index (κ1) is 21.1. The molecule has 2 aromatic carbocycles. The minimum atomic E-state index is -0.601. The predicted molar refractivity (Wildman–Crippen MR) is 118 cm³/mol. The van der Waals surface area contributed by atoms with Crippen molar-refractivity contribution in [3.63, 3.8) is 0 Å². The molecule has 0 spiro atoms. The van der Waals surface area contributed by atoms with E-state index >= 15 is 0 Å². The van der Waals surface area contributed by atoms with Crippen molar-refractivity contribution in [1.29, 1.82) is 0 Å². The molecule has 0 aliphatic carbocycles. The summed E-state index contributed by atoms with van der Waals surface area (Å²) in [5, 5.41) is 0.128. The van der Waals surface area contributed by atoms with Gasteiger partial charge in [0.15, 0.2) is 0 Å². The van der Waals surface area contributed by atoms with Gasteiger partial charge in [0.1, 0.15) is 23.7 Å². The maximum absolute atomic E-state index is 14.1. The van der Waals surface area contributed by atoms with Crippen LogP contribution < -0.4 is 9.64 Å². The molecule has 0 bridgehead atoms. The SMILES string of the molecule is CCOc1ccc(-c2cc(N3CCN(C(=O)c4c(F)cccc4Cl)CC3)ncn2)cc1. The van der Waals surface area contributed by atoms with Gasteiger partial charge < -0.3 is 14.5 Å². The molecule has 0 atom stereocenters. The smallest absolute Gasteiger partial charge is 0.258 e. The zero-order valence-electron chi connectivity index (χ0n) is 17.1. The average Bonchev–Trinajstić information content (AvgIpc) is 2.80. The summed E-state index contributed by atoms with van der Waals surface area (Å²) in [4.78, 5) is 25.2. The summed E-state index contributed by atoms with van der Waals surface area (Å²) in [5.41, 5.74) is 1.71. The van der Waals surface area contributed by atoms with E-state index in [0.29, 0.717) is 32.8 Å². The number of amides is 1. The first-order valence-corrected chi connectivity index (χ1v) is 10.5. The van der Waals surface area contributed by atoms with Crippen LogP contribution >= 0.6 is 11.6 Å². The number of anilines is 1. The Morgan fingerprint density at radius 3 is 2.52 bits per heavy atom. The highest BCUT2D eigenvalue weighted by Crippen LogP contribution is 2.25. The number of benzene rings is 2. The Hall–Kier alpha value is -3.19. The van der Waals surface area contributed by atoms with Crippen LogP contribution in [-0.4, -0.2) is 53.6 Å². The zero-order valence-corrected chi connectivity index (χ0v) is 17.8. The third-order valence-electron chi connectivity index (χ3n) is 5.18. The molecule has 1 fully saturated rings. The molecule has 2 heterocycles. The molecular formula is C23H22ClFN4O2. The van der Waals surface area contributed by atoms with Crippen LogP contribution in [0.1, 0.15) is 17.3 Å². The molecule has 4 rings (SSSR count). The minimum Gasteiger partial charge on any atom is -0.494 e. The molecule has 160 valence electrons. The molecule has 6 nitrogen and oxygen atoms in total. The van der Waals surface area contributed by atoms with Gasteiger partial charge in [-0.25, -0.2) is 14.4 Å². The van der Waals surface area contributed by atoms with E-state index in [4.69, 9.17) is 16.3 Å². The van der Waals surface area contributed by atoms with Crippen LogP contribution in [-0.2, 0) is 0 Å². The van der Waals surface area contributed by atoms with Crippen LogP contribution in [0.4, 0.5) is 10.2 Å². The van der Waals surface area contributed by atoms with Gasteiger partial charge in [-0.3, -0.25) is 4.79 Å². The number of carbonyl (C=O) groups is 1. The standard InChI is InChI=1S/C23H22ClFN4O2/c1-2-31-17-8-6-16(7-9-17)20-14-21(27-15-26-20)28-10-12-29(13-11-28)23(30)22-18(24)4-3-5-19(22)25/h3-9,14-15H,2,10-13H2,1H3. The van der Waals surface area contributed by atoms with Crippen molar-refractivity contribution in [1.82, 2.24) is 14.9 Å². The minimum absolute atomic E-state index is 0.0718. The number of hydrogen-bond donors (Lipinski definition) is 0. The molecule has 3 aromatic rings. The van der Waals surface area contributed by atoms with E-state index in [1.165, 1.54) is 24.5 Å².